The van der Waals surface area contributed by atoms with Crippen LogP contribution in [-0.2, 0) is 211 Å². The molecule has 0 aromatic rings. The Kier molecular flexibility index (Phi) is 52.6. The molecule has 0 spiro atoms. The Bertz CT molecular complexity index is 1920. The molecule has 4 aliphatic rings. The van der Waals surface area contributed by atoms with Gasteiger partial charge >= 0.3 is 0 Å². The summed E-state index contributed by atoms with van der Waals surface area (Å²) >= 11 is 0. The van der Waals surface area contributed by atoms with Crippen LogP contribution in [0.25, 0.3) is 0 Å². The molecule has 10 nitrogen and oxygen atoms in total. The van der Waals surface area contributed by atoms with Crippen LogP contribution < -0.4 is 0 Å². The molecular formula is C73H133O10Y5-5. The summed E-state index contributed by atoms with van der Waals surface area (Å²) in [6.07, 6.45) is 20.9. The van der Waals surface area contributed by atoms with Gasteiger partial charge in [-0.15, -0.1) is 0 Å². The minimum Gasteiger partial charge on any atom is -0.482 e. The molecule has 0 bridgehead atoms. The number of hydrogen-bond acceptors (Lipinski definition) is 10. The molecular weight excluding hydrogens is 1480 g/mol. The second-order valence-corrected chi connectivity index (χ2v) is 30.1. The summed E-state index contributed by atoms with van der Waals surface area (Å²) < 4.78 is 29.1. The van der Waals surface area contributed by atoms with E-state index in [9.17, 15) is 24.0 Å². The van der Waals surface area contributed by atoms with Crippen molar-refractivity contribution in [3.8, 4) is 0 Å². The molecule has 505 valence electrons. The van der Waals surface area contributed by atoms with Gasteiger partial charge < -0.3 is 23.7 Å². The fourth-order valence-electron chi connectivity index (χ4n) is 12.6. The molecule has 6 atom stereocenters. The maximum Gasteiger partial charge on any atom is 0.170 e. The molecule has 0 N–H and O–H groups in total. The molecule has 15 heteroatoms. The van der Waals surface area contributed by atoms with Crippen LogP contribution in [0.3, 0.4) is 0 Å². The maximum atomic E-state index is 12.2. The van der Waals surface area contributed by atoms with Gasteiger partial charge in [0.25, 0.3) is 0 Å². The number of ether oxygens (including phenoxy) is 5. The molecule has 4 rings (SSSR count). The first-order valence-corrected chi connectivity index (χ1v) is 33.2. The minimum absolute atomic E-state index is 0. The molecule has 0 amide bonds. The van der Waals surface area contributed by atoms with Crippen molar-refractivity contribution in [2.75, 3.05) is 0 Å². The first-order valence-electron chi connectivity index (χ1n) is 33.2. The molecule has 0 saturated heterocycles. The van der Waals surface area contributed by atoms with Crippen molar-refractivity contribution in [2.24, 2.45) is 51.8 Å². The smallest absolute Gasteiger partial charge is 0.170 e. The van der Waals surface area contributed by atoms with Gasteiger partial charge in [0, 0.05) is 180 Å². The first-order chi connectivity index (χ1) is 37.9. The third-order valence-corrected chi connectivity index (χ3v) is 21.4. The summed E-state index contributed by atoms with van der Waals surface area (Å²) in [5.41, 5.74) is -1.44. The van der Waals surface area contributed by atoms with E-state index in [4.69, 9.17) is 23.7 Å². The van der Waals surface area contributed by atoms with Crippen LogP contribution in [0.5, 0.6) is 0 Å². The number of rotatable bonds is 19. The van der Waals surface area contributed by atoms with Gasteiger partial charge in [0.2, 0.25) is 0 Å². The topological polar surface area (TPSA) is 132 Å². The van der Waals surface area contributed by atoms with E-state index in [1.165, 1.54) is 51.4 Å². The van der Waals surface area contributed by atoms with Crippen molar-refractivity contribution in [3.05, 3.63) is 29.6 Å². The SMILES string of the molecule is CC[C-](C)C(=O)OC(C)(CC(C)C)CC(C)C.CC[C-](C)C(=O)OC1(C)C(C)(C)CCCC1(C)C.CC[C-](C)C(=O)OC1(C)C(C)CCCC1(C)C.CC[C-](C)C(=O)OC1(C)C(C)CCCC1C.CC[C-](C)C(=O)OC1(C)CCCCC1C.[Y].[Y].[Y].[Y].[Y]. The standard InChI is InChI=1S/C16H29O2.C15H27O2.C15H29O2.C14H25O2.C13H23O2.5Y/c1-8-12(2)13(17)18-16(7)14(3,4)10-9-11-15(16,5)6;1-7-11(2)13(16)17-15(6)12(3)9-8-10-14(15,4)5;1-8-13(6)14(16)17-15(7,9-11(2)3)10-12(4)5;1-6-10(2)13(15)16-14(5)11(3)8-7-9-12(14)4;1-5-10(2)12(14)15-13(4)9-7-6-8-11(13)3;;;;;/h8-11H2,1-7H3;12H,7-10H2,1-6H3;11-12H,8-10H2,1-7H3;11-12H,6-9H2,1-5H3;11H,5-9H2,1-4H3;;;;;/q5*-1;;;;;. The minimum atomic E-state index is -0.397. The Morgan fingerprint density at radius 1 is 0.409 bits per heavy atom. The van der Waals surface area contributed by atoms with E-state index < -0.39 is 5.60 Å². The summed E-state index contributed by atoms with van der Waals surface area (Å²) in [4.78, 5) is 59.7. The predicted octanol–water partition coefficient (Wildman–Crippen LogP) is 20.3. The Morgan fingerprint density at radius 2 is 0.739 bits per heavy atom. The molecule has 5 radical (unpaired) electrons. The van der Waals surface area contributed by atoms with E-state index in [1.807, 2.05) is 69.2 Å². The van der Waals surface area contributed by atoms with E-state index in [0.717, 1.165) is 107 Å². The Hall–Kier alpha value is 2.22. The maximum absolute atomic E-state index is 12.2. The van der Waals surface area contributed by atoms with Gasteiger partial charge in [-0.2, -0.15) is 66.7 Å². The van der Waals surface area contributed by atoms with E-state index in [1.54, 1.807) is 0 Å². The quantitative estimate of drug-likeness (QED) is 0.0700. The number of hydrogen-bond donors (Lipinski definition) is 0. The van der Waals surface area contributed by atoms with Crippen molar-refractivity contribution in [1.82, 2.24) is 0 Å². The van der Waals surface area contributed by atoms with Crippen molar-refractivity contribution >= 4 is 29.8 Å². The third-order valence-electron chi connectivity index (χ3n) is 21.4. The Morgan fingerprint density at radius 3 is 1.10 bits per heavy atom. The Balaban J connectivity index is -0.000000236. The van der Waals surface area contributed by atoms with Crippen LogP contribution in [0.4, 0.5) is 0 Å². The van der Waals surface area contributed by atoms with Crippen LogP contribution in [0.1, 0.15) is 329 Å². The van der Waals surface area contributed by atoms with Crippen LogP contribution in [0.15, 0.2) is 0 Å². The normalized spacial score (nSPS) is 25.1. The largest absolute Gasteiger partial charge is 0.482 e. The predicted molar refractivity (Wildman–Crippen MR) is 345 cm³/mol. The molecule has 0 aromatic carbocycles. The van der Waals surface area contributed by atoms with E-state index in [-0.39, 0.29) is 232 Å². The van der Waals surface area contributed by atoms with E-state index >= 15 is 0 Å². The zero-order chi connectivity index (χ0) is 64.9. The molecule has 4 fully saturated rings. The monoisotopic (exact) mass is 1610 g/mol. The van der Waals surface area contributed by atoms with Crippen molar-refractivity contribution in [3.63, 3.8) is 0 Å². The fraction of sp³-hybridized carbons (Fsp3) is 0.863. The zero-order valence-electron chi connectivity index (χ0n) is 62.6. The average Bonchev–Trinajstić information content (AvgIpc) is 3.42. The van der Waals surface area contributed by atoms with Crippen molar-refractivity contribution < 1.29 is 211 Å². The molecule has 4 saturated carbocycles. The van der Waals surface area contributed by atoms with Gasteiger partial charge in [-0.05, 0) is 141 Å². The summed E-state index contributed by atoms with van der Waals surface area (Å²) in [6.45, 7) is 60.5. The summed E-state index contributed by atoms with van der Waals surface area (Å²) in [7, 11) is 0. The van der Waals surface area contributed by atoms with Gasteiger partial charge in [-0.25, -0.2) is 0 Å². The first kappa shape index (κ1) is 101. The van der Waals surface area contributed by atoms with Gasteiger partial charge in [-0.3, -0.25) is 53.6 Å². The van der Waals surface area contributed by atoms with Crippen LogP contribution in [0, 0.1) is 81.3 Å². The van der Waals surface area contributed by atoms with Crippen LogP contribution in [0.2, 0.25) is 0 Å². The van der Waals surface area contributed by atoms with Gasteiger partial charge in [-0.1, -0.05) is 157 Å². The van der Waals surface area contributed by atoms with Crippen molar-refractivity contribution in [1.29, 1.82) is 0 Å². The average molecular weight is 1620 g/mol. The molecule has 6 unspecified atom stereocenters. The van der Waals surface area contributed by atoms with Gasteiger partial charge in [0.15, 0.2) is 29.8 Å². The second kappa shape index (κ2) is 45.7. The summed E-state index contributed by atoms with van der Waals surface area (Å²) in [6, 6.07) is 0. The molecule has 4 aliphatic carbocycles. The molecule has 0 aromatic heterocycles. The number of esters is 5. The molecule has 88 heavy (non-hydrogen) atoms. The Labute approximate surface area is 670 Å². The van der Waals surface area contributed by atoms with Crippen molar-refractivity contribution in [2.45, 2.75) is 357 Å². The zero-order valence-corrected chi connectivity index (χ0v) is 76.8. The van der Waals surface area contributed by atoms with Gasteiger partial charge in [0.05, 0.1) is 0 Å². The summed E-state index contributed by atoms with van der Waals surface area (Å²) in [5, 5.41) is 0. The fourth-order valence-corrected chi connectivity index (χ4v) is 12.6. The summed E-state index contributed by atoms with van der Waals surface area (Å²) in [5.74, 6) is 6.43. The van der Waals surface area contributed by atoms with Gasteiger partial charge in [0.1, 0.15) is 28.0 Å². The molecule has 0 heterocycles. The number of carbonyl (C=O) groups is 5. The number of carbonyl (C=O) groups excluding carboxylic acids is 5. The van der Waals surface area contributed by atoms with Crippen LogP contribution in [-0.4, -0.2) is 57.9 Å². The van der Waals surface area contributed by atoms with E-state index in [0.29, 0.717) is 35.5 Å². The second-order valence-electron chi connectivity index (χ2n) is 30.1. The third kappa shape index (κ3) is 31.0. The molecule has 0 aliphatic heterocycles. The van der Waals surface area contributed by atoms with E-state index in [2.05, 4.69) is 132 Å². The van der Waals surface area contributed by atoms with Crippen LogP contribution >= 0.6 is 0 Å².